The van der Waals surface area contributed by atoms with E-state index in [0.717, 1.165) is 13.8 Å². The van der Waals surface area contributed by atoms with Gasteiger partial charge in [0, 0.05) is 32.4 Å². The first-order valence-electron chi connectivity index (χ1n) is 4.88. The van der Waals surface area contributed by atoms with Gasteiger partial charge in [0.2, 0.25) is 0 Å². The van der Waals surface area contributed by atoms with E-state index in [1.807, 2.05) is 11.4 Å². The molecule has 1 amide bonds. The third-order valence-electron chi connectivity index (χ3n) is 2.24. The molecule has 6 heteroatoms. The van der Waals surface area contributed by atoms with Gasteiger partial charge in [-0.05, 0) is 44.0 Å². The van der Waals surface area contributed by atoms with Crippen LogP contribution in [-0.4, -0.2) is 22.8 Å². The lowest BCUT2D eigenvalue weighted by molar-refractivity contribution is 0.0781. The van der Waals surface area contributed by atoms with Crippen LogP contribution in [0.5, 0.6) is 0 Å². The number of rotatable bonds is 3. The van der Waals surface area contributed by atoms with Crippen LogP contribution in [0.15, 0.2) is 32.7 Å². The Kier molecular flexibility index (Phi) is 4.06. The van der Waals surface area contributed by atoms with E-state index in [1.165, 1.54) is 0 Å². The van der Waals surface area contributed by atoms with Crippen LogP contribution in [-0.2, 0) is 6.54 Å². The molecule has 0 aromatic carbocycles. The van der Waals surface area contributed by atoms with Gasteiger partial charge in [-0.15, -0.1) is 11.3 Å². The maximum absolute atomic E-state index is 12.0. The van der Waals surface area contributed by atoms with Crippen molar-refractivity contribution in [3.8, 4) is 0 Å². The van der Waals surface area contributed by atoms with Crippen molar-refractivity contribution in [2.45, 2.75) is 6.54 Å². The topological polar surface area (TPSA) is 36.1 Å². The number of thiophene rings is 1. The standard InChI is InChI=1S/C11H10Br2N2OS/c1-15(5-9-2-8(13)6-17-9)11(16)10-3-7(12)4-14-10/h2-4,6,14H,5H2,1H3. The Balaban J connectivity index is 2.05. The molecule has 0 radical (unpaired) electrons. The minimum absolute atomic E-state index is 0.0137. The number of amides is 1. The Morgan fingerprint density at radius 3 is 2.71 bits per heavy atom. The Bertz CT molecular complexity index is 535. The van der Waals surface area contributed by atoms with Gasteiger partial charge in [-0.3, -0.25) is 4.79 Å². The summed E-state index contributed by atoms with van der Waals surface area (Å²) in [6.07, 6.45) is 1.75. The molecule has 2 rings (SSSR count). The van der Waals surface area contributed by atoms with Gasteiger partial charge in [0.15, 0.2) is 0 Å². The van der Waals surface area contributed by atoms with E-state index in [2.05, 4.69) is 36.8 Å². The van der Waals surface area contributed by atoms with E-state index in [-0.39, 0.29) is 5.91 Å². The summed E-state index contributed by atoms with van der Waals surface area (Å²) in [4.78, 5) is 17.8. The van der Waals surface area contributed by atoms with E-state index < -0.39 is 0 Å². The summed E-state index contributed by atoms with van der Waals surface area (Å²) in [5, 5.41) is 2.01. The van der Waals surface area contributed by atoms with Crippen LogP contribution in [0.25, 0.3) is 0 Å². The van der Waals surface area contributed by atoms with Gasteiger partial charge in [0.1, 0.15) is 5.69 Å². The maximum atomic E-state index is 12.0. The number of nitrogens with zero attached hydrogens (tertiary/aromatic N) is 1. The summed E-state index contributed by atoms with van der Waals surface area (Å²) in [6, 6.07) is 3.81. The SMILES string of the molecule is CN(Cc1cc(Br)cs1)C(=O)c1cc(Br)c[nH]1. The third-order valence-corrected chi connectivity index (χ3v) is 4.38. The lowest BCUT2D eigenvalue weighted by atomic mass is 10.3. The molecule has 1 N–H and O–H groups in total. The molecule has 0 aliphatic rings. The molecule has 0 saturated carbocycles. The summed E-state index contributed by atoms with van der Waals surface area (Å²) in [5.74, 6) is -0.0137. The van der Waals surface area contributed by atoms with Crippen molar-refractivity contribution < 1.29 is 4.79 Å². The van der Waals surface area contributed by atoms with Crippen LogP contribution < -0.4 is 0 Å². The van der Waals surface area contributed by atoms with E-state index >= 15 is 0 Å². The van der Waals surface area contributed by atoms with Crippen LogP contribution in [0.3, 0.4) is 0 Å². The van der Waals surface area contributed by atoms with E-state index in [0.29, 0.717) is 12.2 Å². The minimum Gasteiger partial charge on any atom is -0.356 e. The average molecular weight is 378 g/mol. The fraction of sp³-hybridized carbons (Fsp3) is 0.182. The molecule has 2 heterocycles. The summed E-state index contributed by atoms with van der Waals surface area (Å²) in [6.45, 7) is 0.617. The molecule has 3 nitrogen and oxygen atoms in total. The molecular weight excluding hydrogens is 368 g/mol. The summed E-state index contributed by atoms with van der Waals surface area (Å²) >= 11 is 8.35. The number of hydrogen-bond donors (Lipinski definition) is 1. The molecule has 0 saturated heterocycles. The second kappa shape index (κ2) is 5.37. The fourth-order valence-corrected chi connectivity index (χ4v) is 3.29. The monoisotopic (exact) mass is 376 g/mol. The number of carbonyl (C=O) groups is 1. The highest BCUT2D eigenvalue weighted by atomic mass is 79.9. The van der Waals surface area contributed by atoms with E-state index in [4.69, 9.17) is 0 Å². The Morgan fingerprint density at radius 1 is 1.41 bits per heavy atom. The van der Waals surface area contributed by atoms with Crippen LogP contribution >= 0.6 is 43.2 Å². The van der Waals surface area contributed by atoms with Crippen LogP contribution in [0.1, 0.15) is 15.4 Å². The van der Waals surface area contributed by atoms with Gasteiger partial charge in [0.05, 0.1) is 6.54 Å². The van der Waals surface area contributed by atoms with Gasteiger partial charge >= 0.3 is 0 Å². The zero-order chi connectivity index (χ0) is 12.4. The highest BCUT2D eigenvalue weighted by Gasteiger charge is 2.14. The number of nitrogens with one attached hydrogen (secondary N) is 1. The molecule has 0 aliphatic carbocycles. The molecule has 17 heavy (non-hydrogen) atoms. The van der Waals surface area contributed by atoms with Gasteiger partial charge in [-0.25, -0.2) is 0 Å². The van der Waals surface area contributed by atoms with Crippen LogP contribution in [0.2, 0.25) is 0 Å². The highest BCUT2D eigenvalue weighted by molar-refractivity contribution is 9.10. The number of aromatic nitrogens is 1. The molecule has 0 fully saturated rings. The van der Waals surface area contributed by atoms with Crippen LogP contribution in [0.4, 0.5) is 0 Å². The zero-order valence-corrected chi connectivity index (χ0v) is 13.0. The smallest absolute Gasteiger partial charge is 0.270 e. The zero-order valence-electron chi connectivity index (χ0n) is 9.04. The lowest BCUT2D eigenvalue weighted by Crippen LogP contribution is -2.26. The van der Waals surface area contributed by atoms with Crippen molar-refractivity contribution in [1.82, 2.24) is 9.88 Å². The van der Waals surface area contributed by atoms with Crippen molar-refractivity contribution in [2.24, 2.45) is 0 Å². The van der Waals surface area contributed by atoms with E-state index in [9.17, 15) is 4.79 Å². The normalized spacial score (nSPS) is 10.5. The van der Waals surface area contributed by atoms with Crippen molar-refractivity contribution in [3.05, 3.63) is 43.2 Å². The van der Waals surface area contributed by atoms with Crippen molar-refractivity contribution in [3.63, 3.8) is 0 Å². The van der Waals surface area contributed by atoms with Gasteiger partial charge < -0.3 is 9.88 Å². The van der Waals surface area contributed by atoms with Gasteiger partial charge in [0.25, 0.3) is 5.91 Å². The summed E-state index contributed by atoms with van der Waals surface area (Å²) in [7, 11) is 1.80. The first kappa shape index (κ1) is 12.9. The number of aromatic amines is 1. The largest absolute Gasteiger partial charge is 0.356 e. The van der Waals surface area contributed by atoms with Gasteiger partial charge in [-0.1, -0.05) is 0 Å². The number of halogens is 2. The average Bonchev–Trinajstić information content (AvgIpc) is 2.87. The Hall–Kier alpha value is -0.590. The highest BCUT2D eigenvalue weighted by Crippen LogP contribution is 2.21. The minimum atomic E-state index is -0.0137. The van der Waals surface area contributed by atoms with Crippen molar-refractivity contribution >= 4 is 49.1 Å². The summed E-state index contributed by atoms with van der Waals surface area (Å²) < 4.78 is 1.94. The molecule has 2 aromatic rings. The van der Waals surface area contributed by atoms with Crippen LogP contribution in [0, 0.1) is 0 Å². The predicted octanol–water partition coefficient (Wildman–Crippen LogP) is 3.87. The second-order valence-electron chi connectivity index (χ2n) is 3.62. The van der Waals surface area contributed by atoms with E-state index in [1.54, 1.807) is 35.5 Å². The molecule has 2 aromatic heterocycles. The molecular formula is C11H10Br2N2OS. The summed E-state index contributed by atoms with van der Waals surface area (Å²) in [5.41, 5.74) is 0.593. The van der Waals surface area contributed by atoms with Crippen molar-refractivity contribution in [2.75, 3.05) is 7.05 Å². The molecule has 0 spiro atoms. The molecule has 0 aliphatic heterocycles. The molecule has 90 valence electrons. The molecule has 0 unspecified atom stereocenters. The van der Waals surface area contributed by atoms with Gasteiger partial charge in [-0.2, -0.15) is 0 Å². The Labute approximate surface area is 120 Å². The number of H-pyrrole nitrogens is 1. The quantitative estimate of drug-likeness (QED) is 0.865. The maximum Gasteiger partial charge on any atom is 0.270 e. The number of hydrogen-bond acceptors (Lipinski definition) is 2. The predicted molar refractivity (Wildman–Crippen MR) is 76.3 cm³/mol. The molecule has 0 atom stereocenters. The number of carbonyl (C=O) groups excluding carboxylic acids is 1. The second-order valence-corrected chi connectivity index (χ2v) is 6.45. The first-order valence-corrected chi connectivity index (χ1v) is 7.35. The Morgan fingerprint density at radius 2 is 2.18 bits per heavy atom. The molecule has 0 bridgehead atoms. The fourth-order valence-electron chi connectivity index (χ4n) is 1.44. The third kappa shape index (κ3) is 3.20. The lowest BCUT2D eigenvalue weighted by Gasteiger charge is -2.14. The van der Waals surface area contributed by atoms with Crippen molar-refractivity contribution in [1.29, 1.82) is 0 Å². The first-order chi connectivity index (χ1) is 8.06.